The number of carboxylic acid groups (broad SMARTS) is 1. The quantitative estimate of drug-likeness (QED) is 0.662. The van der Waals surface area contributed by atoms with Crippen LogP contribution in [0.5, 0.6) is 0 Å². The van der Waals surface area contributed by atoms with Gasteiger partial charge in [-0.2, -0.15) is 0 Å². The number of hydrogen-bond acceptors (Lipinski definition) is 5. The monoisotopic (exact) mass is 307 g/mol. The molecule has 0 saturated carbocycles. The maximum Gasteiger partial charge on any atom is 0.338 e. The number of non-ortho nitro benzene ring substituents is 1. The first-order valence-electron chi connectivity index (χ1n) is 5.80. The molecular formula is C13H10ClN3O4. The minimum absolute atomic E-state index is 0.0511. The number of aromatic carboxylic acids is 1. The molecule has 21 heavy (non-hydrogen) atoms. The van der Waals surface area contributed by atoms with Crippen LogP contribution < -0.4 is 5.32 Å². The van der Waals surface area contributed by atoms with Crippen LogP contribution in [0.1, 0.15) is 16.1 Å². The second-order valence-electron chi connectivity index (χ2n) is 4.17. The Morgan fingerprint density at radius 3 is 2.76 bits per heavy atom. The molecule has 0 fully saturated rings. The highest BCUT2D eigenvalue weighted by Gasteiger charge is 2.20. The Labute approximate surface area is 124 Å². The van der Waals surface area contributed by atoms with Crippen LogP contribution in [0.25, 0.3) is 0 Å². The number of carbonyl (C=O) groups is 1. The van der Waals surface area contributed by atoms with E-state index in [-0.39, 0.29) is 22.0 Å². The lowest BCUT2D eigenvalue weighted by molar-refractivity contribution is -0.384. The molecule has 1 aromatic carbocycles. The van der Waals surface area contributed by atoms with Crippen molar-refractivity contribution >= 4 is 34.6 Å². The van der Waals surface area contributed by atoms with Crippen molar-refractivity contribution in [2.75, 3.05) is 5.32 Å². The van der Waals surface area contributed by atoms with Crippen LogP contribution in [0, 0.1) is 17.0 Å². The van der Waals surface area contributed by atoms with E-state index in [1.54, 1.807) is 25.3 Å². The smallest absolute Gasteiger partial charge is 0.338 e. The number of hydrogen-bond donors (Lipinski definition) is 2. The average Bonchev–Trinajstić information content (AvgIpc) is 2.42. The third-order valence-electron chi connectivity index (χ3n) is 2.78. The molecule has 0 aliphatic carbocycles. The fourth-order valence-corrected chi connectivity index (χ4v) is 2.01. The van der Waals surface area contributed by atoms with E-state index in [1.807, 2.05) is 0 Å². The minimum Gasteiger partial charge on any atom is -0.478 e. The lowest BCUT2D eigenvalue weighted by Crippen LogP contribution is -2.06. The van der Waals surface area contributed by atoms with Crippen LogP contribution >= 0.6 is 11.6 Å². The molecule has 1 aromatic heterocycles. The van der Waals surface area contributed by atoms with Gasteiger partial charge in [-0.1, -0.05) is 11.6 Å². The van der Waals surface area contributed by atoms with E-state index in [0.29, 0.717) is 11.4 Å². The van der Waals surface area contributed by atoms with E-state index >= 15 is 0 Å². The number of anilines is 2. The Kier molecular flexibility index (Phi) is 4.04. The summed E-state index contributed by atoms with van der Waals surface area (Å²) >= 11 is 5.97. The number of aromatic nitrogens is 1. The number of pyridine rings is 1. The Morgan fingerprint density at radius 1 is 1.48 bits per heavy atom. The van der Waals surface area contributed by atoms with E-state index in [9.17, 15) is 20.0 Å². The summed E-state index contributed by atoms with van der Waals surface area (Å²) in [6.45, 7) is 1.74. The number of halogens is 1. The van der Waals surface area contributed by atoms with E-state index in [0.717, 1.165) is 12.1 Å². The first-order chi connectivity index (χ1) is 9.90. The van der Waals surface area contributed by atoms with Crippen molar-refractivity contribution in [1.82, 2.24) is 4.98 Å². The summed E-state index contributed by atoms with van der Waals surface area (Å²) in [4.78, 5) is 25.4. The van der Waals surface area contributed by atoms with Crippen LogP contribution in [-0.4, -0.2) is 21.0 Å². The van der Waals surface area contributed by atoms with Gasteiger partial charge in [-0.25, -0.2) is 4.79 Å². The molecule has 2 aromatic rings. The largest absolute Gasteiger partial charge is 0.478 e. The molecule has 0 bridgehead atoms. The zero-order valence-electron chi connectivity index (χ0n) is 10.8. The van der Waals surface area contributed by atoms with Crippen LogP contribution in [0.2, 0.25) is 5.02 Å². The summed E-state index contributed by atoms with van der Waals surface area (Å²) in [6.07, 6.45) is 1.59. The van der Waals surface area contributed by atoms with Crippen molar-refractivity contribution in [3.8, 4) is 0 Å². The second kappa shape index (κ2) is 5.76. The number of aryl methyl sites for hydroxylation is 1. The zero-order chi connectivity index (χ0) is 15.6. The Morgan fingerprint density at radius 2 is 2.19 bits per heavy atom. The molecule has 0 atom stereocenters. The molecule has 0 unspecified atom stereocenters. The van der Waals surface area contributed by atoms with Gasteiger partial charge in [-0.05, 0) is 19.1 Å². The van der Waals surface area contributed by atoms with Gasteiger partial charge in [0.2, 0.25) is 0 Å². The minimum atomic E-state index is -1.32. The highest BCUT2D eigenvalue weighted by molar-refractivity contribution is 6.34. The second-order valence-corrected chi connectivity index (χ2v) is 4.58. The summed E-state index contributed by atoms with van der Waals surface area (Å²) in [7, 11) is 0. The first kappa shape index (κ1) is 14.7. The van der Waals surface area contributed by atoms with E-state index in [4.69, 9.17) is 11.6 Å². The van der Waals surface area contributed by atoms with Crippen LogP contribution in [0.4, 0.5) is 17.1 Å². The number of nitrogens with zero attached hydrogens (tertiary/aromatic N) is 2. The summed E-state index contributed by atoms with van der Waals surface area (Å²) in [6, 6.07) is 5.44. The van der Waals surface area contributed by atoms with Gasteiger partial charge in [0.05, 0.1) is 32.6 Å². The molecular weight excluding hydrogens is 298 g/mol. The number of nitrogens with one attached hydrogen (secondary N) is 1. The maximum atomic E-state index is 11.3. The van der Waals surface area contributed by atoms with Gasteiger partial charge in [-0.15, -0.1) is 0 Å². The standard InChI is InChI=1S/C13H10ClN3O4/c1-7-11(3-2-4-15-7)16-12-9(13(18)19)5-8(17(20)21)6-10(12)14/h2-6,16H,1H3,(H,18,19). The van der Waals surface area contributed by atoms with Crippen LogP contribution in [0.3, 0.4) is 0 Å². The van der Waals surface area contributed by atoms with Crippen molar-refractivity contribution in [3.63, 3.8) is 0 Å². The Bertz CT molecular complexity index is 733. The highest BCUT2D eigenvalue weighted by atomic mass is 35.5. The zero-order valence-corrected chi connectivity index (χ0v) is 11.6. The predicted octanol–water partition coefficient (Wildman–Crippen LogP) is 3.39. The molecule has 2 N–H and O–H groups in total. The molecule has 108 valence electrons. The van der Waals surface area contributed by atoms with E-state index < -0.39 is 10.9 Å². The summed E-state index contributed by atoms with van der Waals surface area (Å²) in [5.74, 6) is -1.32. The predicted molar refractivity (Wildman–Crippen MR) is 77.3 cm³/mol. The third-order valence-corrected chi connectivity index (χ3v) is 3.08. The third kappa shape index (κ3) is 3.09. The average molecular weight is 308 g/mol. The van der Waals surface area contributed by atoms with Crippen LogP contribution in [-0.2, 0) is 0 Å². The number of carboxylic acids is 1. The Balaban J connectivity index is 2.55. The van der Waals surface area contributed by atoms with E-state index in [2.05, 4.69) is 10.3 Å². The molecule has 0 aliphatic heterocycles. The highest BCUT2D eigenvalue weighted by Crippen LogP contribution is 2.34. The summed E-state index contributed by atoms with van der Waals surface area (Å²) < 4.78 is 0. The number of rotatable bonds is 4. The number of nitro groups is 1. The molecule has 0 amide bonds. The van der Waals surface area contributed by atoms with Crippen molar-refractivity contribution in [2.45, 2.75) is 6.92 Å². The summed E-state index contributed by atoms with van der Waals surface area (Å²) in [5, 5.41) is 22.8. The molecule has 0 aliphatic rings. The van der Waals surface area contributed by atoms with Crippen molar-refractivity contribution in [3.05, 3.63) is 56.9 Å². The van der Waals surface area contributed by atoms with Gasteiger partial charge < -0.3 is 10.4 Å². The summed E-state index contributed by atoms with van der Waals surface area (Å²) in [5.41, 5.74) is 0.633. The van der Waals surface area contributed by atoms with E-state index in [1.165, 1.54) is 0 Å². The van der Waals surface area contributed by atoms with Crippen molar-refractivity contribution < 1.29 is 14.8 Å². The van der Waals surface area contributed by atoms with Crippen LogP contribution in [0.15, 0.2) is 30.5 Å². The fourth-order valence-electron chi connectivity index (χ4n) is 1.74. The maximum absolute atomic E-state index is 11.3. The fraction of sp³-hybridized carbons (Fsp3) is 0.0769. The Hall–Kier alpha value is -2.67. The van der Waals surface area contributed by atoms with Gasteiger partial charge >= 0.3 is 5.97 Å². The molecule has 1 heterocycles. The lowest BCUT2D eigenvalue weighted by Gasteiger charge is -2.13. The van der Waals surface area contributed by atoms with Crippen molar-refractivity contribution in [1.29, 1.82) is 0 Å². The number of nitro benzene ring substituents is 1. The van der Waals surface area contributed by atoms with Gasteiger partial charge in [0.1, 0.15) is 0 Å². The molecule has 7 nitrogen and oxygen atoms in total. The molecule has 0 spiro atoms. The van der Waals surface area contributed by atoms with Gasteiger partial charge in [0.15, 0.2) is 0 Å². The first-order valence-corrected chi connectivity index (χ1v) is 6.18. The lowest BCUT2D eigenvalue weighted by atomic mass is 10.1. The molecule has 2 rings (SSSR count). The van der Waals surface area contributed by atoms with Gasteiger partial charge in [-0.3, -0.25) is 15.1 Å². The SMILES string of the molecule is Cc1ncccc1Nc1c(Cl)cc([N+](=O)[O-])cc1C(=O)O. The normalized spacial score (nSPS) is 10.2. The molecule has 0 saturated heterocycles. The topological polar surface area (TPSA) is 105 Å². The molecule has 0 radical (unpaired) electrons. The van der Waals surface area contributed by atoms with Crippen molar-refractivity contribution in [2.24, 2.45) is 0 Å². The van der Waals surface area contributed by atoms with Gasteiger partial charge in [0, 0.05) is 18.3 Å². The molecule has 8 heteroatoms. The number of benzene rings is 1. The van der Waals surface area contributed by atoms with Gasteiger partial charge in [0.25, 0.3) is 5.69 Å².